The van der Waals surface area contributed by atoms with E-state index in [1.807, 2.05) is 0 Å². The molecule has 0 bridgehead atoms. The van der Waals surface area contributed by atoms with Crippen molar-refractivity contribution < 1.29 is 4.74 Å². The first-order chi connectivity index (χ1) is 9.76. The lowest BCUT2D eigenvalue weighted by atomic mass is 9.73. The summed E-state index contributed by atoms with van der Waals surface area (Å²) in [5, 5.41) is 10.4. The third-order valence-corrected chi connectivity index (χ3v) is 6.06. The topological polar surface area (TPSA) is 22.2 Å². The Bertz CT molecular complexity index is 383. The zero-order chi connectivity index (χ0) is 13.2. The van der Waals surface area contributed by atoms with E-state index in [0.717, 1.165) is 13.2 Å². The van der Waals surface area contributed by atoms with Gasteiger partial charge < -0.3 is 4.74 Å². The normalized spacial score (nSPS) is 37.2. The van der Waals surface area contributed by atoms with Crippen LogP contribution < -0.4 is 0 Å². The zero-order valence-corrected chi connectivity index (χ0v) is 12.4. The van der Waals surface area contributed by atoms with Crippen LogP contribution in [0.5, 0.6) is 0 Å². The first-order valence-corrected chi connectivity index (χ1v) is 8.34. The van der Waals surface area contributed by atoms with Gasteiger partial charge in [0.05, 0.1) is 13.2 Å². The fourth-order valence-corrected chi connectivity index (χ4v) is 4.72. The Morgan fingerprint density at radius 2 is 1.05 bits per heavy atom. The van der Waals surface area contributed by atoms with E-state index in [1.54, 1.807) is 0 Å². The third kappa shape index (κ3) is 1.74. The molecule has 5 fully saturated rings. The predicted molar refractivity (Wildman–Crippen MR) is 75.8 cm³/mol. The number of rotatable bonds is 2. The summed E-state index contributed by atoms with van der Waals surface area (Å²) in [6.07, 6.45) is 4.23. The molecule has 0 aromatic heterocycles. The van der Waals surface area contributed by atoms with Crippen LogP contribution in [0.25, 0.3) is 0 Å². The van der Waals surface area contributed by atoms with Gasteiger partial charge in [-0.3, -0.25) is 0 Å². The molecule has 5 rings (SSSR count). The van der Waals surface area contributed by atoms with Crippen molar-refractivity contribution in [2.24, 2.45) is 10.8 Å². The highest BCUT2D eigenvalue weighted by Gasteiger charge is 2.58. The lowest BCUT2D eigenvalue weighted by molar-refractivity contribution is -0.306. The highest BCUT2D eigenvalue weighted by Crippen LogP contribution is 2.46. The molecular weight excluding hydrogens is 252 g/mol. The fraction of sp³-hybridized carbons (Fsp3) is 1.00. The average molecular weight is 278 g/mol. The molecule has 5 heterocycles. The number of nitrogens with zero attached hydrogens (tertiary/aromatic N) is 4. The van der Waals surface area contributed by atoms with Gasteiger partial charge in [0.25, 0.3) is 0 Å². The van der Waals surface area contributed by atoms with Gasteiger partial charge in [-0.2, -0.15) is 0 Å². The SMILES string of the molecule is C1CCN(N2CC3(C2)CN(N2CC4(COC4)C2)C3)CC1. The number of hydrogen-bond donors (Lipinski definition) is 0. The summed E-state index contributed by atoms with van der Waals surface area (Å²) in [7, 11) is 0. The van der Waals surface area contributed by atoms with Crippen LogP contribution in [-0.4, -0.2) is 85.6 Å². The molecule has 0 saturated carbocycles. The molecule has 5 aliphatic heterocycles. The van der Waals surface area contributed by atoms with Gasteiger partial charge in [-0.05, 0) is 12.8 Å². The molecule has 0 aliphatic carbocycles. The molecule has 0 aromatic rings. The smallest absolute Gasteiger partial charge is 0.0570 e. The van der Waals surface area contributed by atoms with Gasteiger partial charge in [0.1, 0.15) is 0 Å². The Hall–Kier alpha value is -0.200. The van der Waals surface area contributed by atoms with E-state index >= 15 is 0 Å². The van der Waals surface area contributed by atoms with Crippen molar-refractivity contribution in [2.45, 2.75) is 19.3 Å². The van der Waals surface area contributed by atoms with E-state index in [4.69, 9.17) is 4.74 Å². The minimum Gasteiger partial charge on any atom is -0.380 e. The zero-order valence-electron chi connectivity index (χ0n) is 12.4. The lowest BCUT2D eigenvalue weighted by Gasteiger charge is -2.68. The number of hydrogen-bond acceptors (Lipinski definition) is 5. The van der Waals surface area contributed by atoms with Crippen LogP contribution >= 0.6 is 0 Å². The van der Waals surface area contributed by atoms with E-state index in [1.165, 1.54) is 71.6 Å². The molecule has 0 aromatic carbocycles. The van der Waals surface area contributed by atoms with Crippen molar-refractivity contribution in [1.82, 2.24) is 20.0 Å². The Labute approximate surface area is 121 Å². The van der Waals surface area contributed by atoms with Gasteiger partial charge in [0.2, 0.25) is 0 Å². The standard InChI is InChI=1S/C15H26N4O/c1-2-4-16(5-3-1)17-6-14(7-17)8-18(9-14)19-10-15(11-19)12-20-13-15/h1-13H2. The summed E-state index contributed by atoms with van der Waals surface area (Å²) in [4.78, 5) is 0. The van der Waals surface area contributed by atoms with E-state index in [9.17, 15) is 0 Å². The summed E-state index contributed by atoms with van der Waals surface area (Å²) < 4.78 is 5.36. The first-order valence-electron chi connectivity index (χ1n) is 8.34. The van der Waals surface area contributed by atoms with Crippen LogP contribution in [0.2, 0.25) is 0 Å². The van der Waals surface area contributed by atoms with E-state index in [0.29, 0.717) is 10.8 Å². The maximum Gasteiger partial charge on any atom is 0.0570 e. The summed E-state index contributed by atoms with van der Waals surface area (Å²) in [6, 6.07) is 0. The van der Waals surface area contributed by atoms with Crippen molar-refractivity contribution in [3.63, 3.8) is 0 Å². The van der Waals surface area contributed by atoms with Gasteiger partial charge >= 0.3 is 0 Å². The van der Waals surface area contributed by atoms with Crippen LogP contribution in [0.1, 0.15) is 19.3 Å². The molecule has 0 amide bonds. The second-order valence-electron chi connectivity index (χ2n) is 7.98. The average Bonchev–Trinajstić information content (AvgIpc) is 2.26. The van der Waals surface area contributed by atoms with Gasteiger partial charge in [-0.15, -0.1) is 0 Å². The molecule has 20 heavy (non-hydrogen) atoms. The van der Waals surface area contributed by atoms with Crippen LogP contribution in [0.15, 0.2) is 0 Å². The molecule has 5 saturated heterocycles. The Balaban J connectivity index is 1.08. The van der Waals surface area contributed by atoms with E-state index in [-0.39, 0.29) is 0 Å². The van der Waals surface area contributed by atoms with Crippen molar-refractivity contribution in [1.29, 1.82) is 0 Å². The van der Waals surface area contributed by atoms with Crippen molar-refractivity contribution >= 4 is 0 Å². The van der Waals surface area contributed by atoms with Gasteiger partial charge in [0, 0.05) is 63.2 Å². The lowest BCUT2D eigenvalue weighted by Crippen LogP contribution is -2.80. The molecule has 5 nitrogen and oxygen atoms in total. The van der Waals surface area contributed by atoms with Gasteiger partial charge in [-0.1, -0.05) is 6.42 Å². The fourth-order valence-electron chi connectivity index (χ4n) is 4.72. The highest BCUT2D eigenvalue weighted by atomic mass is 16.5. The van der Waals surface area contributed by atoms with Crippen molar-refractivity contribution in [2.75, 3.05) is 65.6 Å². The summed E-state index contributed by atoms with van der Waals surface area (Å²) in [5.74, 6) is 0. The van der Waals surface area contributed by atoms with Gasteiger partial charge in [0.15, 0.2) is 0 Å². The molecule has 0 atom stereocenters. The monoisotopic (exact) mass is 278 g/mol. The summed E-state index contributed by atoms with van der Waals surface area (Å²) >= 11 is 0. The van der Waals surface area contributed by atoms with Crippen LogP contribution in [0.4, 0.5) is 0 Å². The second kappa shape index (κ2) is 4.17. The molecule has 0 radical (unpaired) electrons. The molecular formula is C15H26N4O. The third-order valence-electron chi connectivity index (χ3n) is 6.06. The van der Waals surface area contributed by atoms with E-state index < -0.39 is 0 Å². The van der Waals surface area contributed by atoms with Gasteiger partial charge in [-0.25, -0.2) is 20.0 Å². The summed E-state index contributed by atoms with van der Waals surface area (Å²) in [5.41, 5.74) is 1.19. The Kier molecular flexibility index (Phi) is 2.58. The maximum atomic E-state index is 5.36. The molecule has 0 unspecified atom stereocenters. The number of ether oxygens (including phenoxy) is 1. The number of hydrazine groups is 2. The second-order valence-corrected chi connectivity index (χ2v) is 7.98. The van der Waals surface area contributed by atoms with Crippen molar-refractivity contribution in [3.8, 4) is 0 Å². The minimum absolute atomic E-state index is 0.558. The van der Waals surface area contributed by atoms with Crippen molar-refractivity contribution in [3.05, 3.63) is 0 Å². The van der Waals surface area contributed by atoms with Crippen LogP contribution in [0, 0.1) is 10.8 Å². The highest BCUT2D eigenvalue weighted by molar-refractivity contribution is 5.07. The summed E-state index contributed by atoms with van der Waals surface area (Å²) in [6.45, 7) is 12.3. The largest absolute Gasteiger partial charge is 0.380 e. The quantitative estimate of drug-likeness (QED) is 0.720. The van der Waals surface area contributed by atoms with E-state index in [2.05, 4.69) is 20.0 Å². The van der Waals surface area contributed by atoms with Crippen LogP contribution in [-0.2, 0) is 4.74 Å². The molecule has 112 valence electrons. The molecule has 5 heteroatoms. The maximum absolute atomic E-state index is 5.36. The first kappa shape index (κ1) is 12.4. The predicted octanol–water partition coefficient (Wildman–Crippen LogP) is 0.252. The Morgan fingerprint density at radius 3 is 1.55 bits per heavy atom. The van der Waals surface area contributed by atoms with Crippen LogP contribution in [0.3, 0.4) is 0 Å². The minimum atomic E-state index is 0.558. The Morgan fingerprint density at radius 1 is 0.550 bits per heavy atom. The molecule has 5 aliphatic rings. The number of piperidine rings is 1. The molecule has 2 spiro atoms. The molecule has 0 N–H and O–H groups in total.